The Morgan fingerprint density at radius 2 is 1.87 bits per heavy atom. The standard InChI is InChI=1S/C15H19N3.C3H6O2/c1-18-11-7-15(8-12-18,14-16-9-10-17-14)13-5-3-2-4-6-13;1-3(4)5-2/h2-6,9-10H,7-8,11-12H2,1H3,(H,16,17);1-2H3. The van der Waals surface area contributed by atoms with Gasteiger partial charge in [-0.3, -0.25) is 4.79 Å². The quantitative estimate of drug-likeness (QED) is 0.866. The fraction of sp³-hybridized carbons (Fsp3) is 0.444. The molecular formula is C18H25N3O2. The number of carbonyl (C=O) groups is 1. The van der Waals surface area contributed by atoms with Gasteiger partial charge in [0, 0.05) is 19.3 Å². The van der Waals surface area contributed by atoms with Crippen LogP contribution >= 0.6 is 0 Å². The number of nitrogens with one attached hydrogen (secondary N) is 1. The van der Waals surface area contributed by atoms with E-state index in [0.29, 0.717) is 0 Å². The summed E-state index contributed by atoms with van der Waals surface area (Å²) >= 11 is 0. The van der Waals surface area contributed by atoms with Gasteiger partial charge < -0.3 is 14.6 Å². The van der Waals surface area contributed by atoms with Crippen molar-refractivity contribution in [3.63, 3.8) is 0 Å². The number of nitrogens with zero attached hydrogens (tertiary/aromatic N) is 2. The highest BCUT2D eigenvalue weighted by atomic mass is 16.5. The molecule has 0 saturated carbocycles. The van der Waals surface area contributed by atoms with E-state index in [-0.39, 0.29) is 11.4 Å². The van der Waals surface area contributed by atoms with Gasteiger partial charge in [0.2, 0.25) is 0 Å². The van der Waals surface area contributed by atoms with Crippen LogP contribution in [0.4, 0.5) is 0 Å². The summed E-state index contributed by atoms with van der Waals surface area (Å²) in [4.78, 5) is 19.9. The van der Waals surface area contributed by atoms with E-state index in [1.54, 1.807) is 0 Å². The fourth-order valence-corrected chi connectivity index (χ4v) is 2.95. The van der Waals surface area contributed by atoms with Crippen molar-refractivity contribution in [1.82, 2.24) is 14.9 Å². The summed E-state index contributed by atoms with van der Waals surface area (Å²) in [5.74, 6) is 0.867. The fourth-order valence-electron chi connectivity index (χ4n) is 2.95. The molecule has 0 unspecified atom stereocenters. The highest BCUT2D eigenvalue weighted by molar-refractivity contribution is 5.65. The van der Waals surface area contributed by atoms with Gasteiger partial charge in [0.1, 0.15) is 5.82 Å². The Morgan fingerprint density at radius 1 is 1.26 bits per heavy atom. The van der Waals surface area contributed by atoms with Crippen LogP contribution in [0.15, 0.2) is 42.7 Å². The maximum absolute atomic E-state index is 9.59. The average Bonchev–Trinajstić information content (AvgIpc) is 3.12. The Hall–Kier alpha value is -2.14. The molecule has 1 aromatic heterocycles. The number of hydrogen-bond acceptors (Lipinski definition) is 4. The van der Waals surface area contributed by atoms with Gasteiger partial charge in [0.05, 0.1) is 12.5 Å². The molecule has 23 heavy (non-hydrogen) atoms. The largest absolute Gasteiger partial charge is 0.469 e. The Morgan fingerprint density at radius 3 is 2.35 bits per heavy atom. The predicted molar refractivity (Wildman–Crippen MR) is 90.2 cm³/mol. The first-order chi connectivity index (χ1) is 11.1. The van der Waals surface area contributed by atoms with Crippen LogP contribution in [-0.2, 0) is 14.9 Å². The van der Waals surface area contributed by atoms with Gasteiger partial charge in [-0.15, -0.1) is 0 Å². The van der Waals surface area contributed by atoms with Crippen molar-refractivity contribution in [2.24, 2.45) is 0 Å². The minimum Gasteiger partial charge on any atom is -0.469 e. The zero-order valence-electron chi connectivity index (χ0n) is 14.1. The molecule has 2 aromatic rings. The van der Waals surface area contributed by atoms with E-state index in [1.165, 1.54) is 19.6 Å². The average molecular weight is 315 g/mol. The Balaban J connectivity index is 0.000000338. The van der Waals surface area contributed by atoms with Crippen molar-refractivity contribution in [3.8, 4) is 0 Å². The smallest absolute Gasteiger partial charge is 0.302 e. The molecule has 1 aliphatic heterocycles. The molecule has 3 rings (SSSR count). The number of H-pyrrole nitrogens is 1. The van der Waals surface area contributed by atoms with Gasteiger partial charge in [-0.2, -0.15) is 0 Å². The summed E-state index contributed by atoms with van der Waals surface area (Å²) in [5.41, 5.74) is 1.45. The Labute approximate surface area is 137 Å². The van der Waals surface area contributed by atoms with Crippen LogP contribution in [0.3, 0.4) is 0 Å². The van der Waals surface area contributed by atoms with Crippen LogP contribution in [-0.4, -0.2) is 48.1 Å². The minimum absolute atomic E-state index is 0.0667. The van der Waals surface area contributed by atoms with E-state index in [0.717, 1.165) is 31.8 Å². The SMILES string of the molecule is CN1CCC(c2ccccc2)(c2ncc[nH]2)CC1.COC(C)=O. The van der Waals surface area contributed by atoms with E-state index < -0.39 is 0 Å². The van der Waals surface area contributed by atoms with Crippen molar-refractivity contribution >= 4 is 5.97 Å². The number of benzene rings is 1. The second kappa shape index (κ2) is 7.92. The first-order valence-corrected chi connectivity index (χ1v) is 7.87. The first-order valence-electron chi connectivity index (χ1n) is 7.87. The van der Waals surface area contributed by atoms with E-state index in [9.17, 15) is 4.79 Å². The number of piperidine rings is 1. The number of carbonyl (C=O) groups excluding carboxylic acids is 1. The van der Waals surface area contributed by atoms with Crippen molar-refractivity contribution in [2.75, 3.05) is 27.2 Å². The number of imidazole rings is 1. The zero-order valence-corrected chi connectivity index (χ0v) is 14.1. The maximum Gasteiger partial charge on any atom is 0.302 e. The van der Waals surface area contributed by atoms with Crippen LogP contribution in [0.2, 0.25) is 0 Å². The number of likely N-dealkylation sites (tertiary alicyclic amines) is 1. The lowest BCUT2D eigenvalue weighted by molar-refractivity contribution is -0.137. The van der Waals surface area contributed by atoms with Gasteiger partial charge in [0.25, 0.3) is 0 Å². The van der Waals surface area contributed by atoms with E-state index >= 15 is 0 Å². The molecule has 0 bridgehead atoms. The first kappa shape index (κ1) is 17.2. The van der Waals surface area contributed by atoms with Crippen molar-refractivity contribution in [1.29, 1.82) is 0 Å². The van der Waals surface area contributed by atoms with E-state index in [1.807, 2.05) is 12.4 Å². The molecule has 124 valence electrons. The zero-order chi connectivity index (χ0) is 16.7. The molecule has 0 aliphatic carbocycles. The summed E-state index contributed by atoms with van der Waals surface area (Å²) < 4.78 is 4.11. The normalized spacial score (nSPS) is 17.0. The number of rotatable bonds is 2. The summed E-state index contributed by atoms with van der Waals surface area (Å²) in [7, 11) is 3.54. The molecule has 0 atom stereocenters. The summed E-state index contributed by atoms with van der Waals surface area (Å²) in [5, 5.41) is 0. The molecule has 1 aliphatic rings. The molecule has 5 heteroatoms. The third kappa shape index (κ3) is 4.20. The third-order valence-corrected chi connectivity index (χ3v) is 4.41. The number of esters is 1. The van der Waals surface area contributed by atoms with Crippen molar-refractivity contribution < 1.29 is 9.53 Å². The maximum atomic E-state index is 9.59. The highest BCUT2D eigenvalue weighted by Crippen LogP contribution is 2.39. The second-order valence-corrected chi connectivity index (χ2v) is 5.88. The Kier molecular flexibility index (Phi) is 5.93. The second-order valence-electron chi connectivity index (χ2n) is 5.88. The van der Waals surface area contributed by atoms with Gasteiger partial charge in [-0.05, 0) is 38.5 Å². The monoisotopic (exact) mass is 315 g/mol. The molecule has 1 N–H and O–H groups in total. The van der Waals surface area contributed by atoms with Crippen LogP contribution in [0.5, 0.6) is 0 Å². The molecule has 0 amide bonds. The minimum atomic E-state index is -0.245. The lowest BCUT2D eigenvalue weighted by atomic mass is 9.72. The molecule has 2 heterocycles. The van der Waals surface area contributed by atoms with Crippen molar-refractivity contribution in [2.45, 2.75) is 25.2 Å². The molecule has 1 saturated heterocycles. The van der Waals surface area contributed by atoms with E-state index in [2.05, 4.69) is 57.0 Å². The molecule has 1 aromatic carbocycles. The van der Waals surface area contributed by atoms with Gasteiger partial charge >= 0.3 is 5.97 Å². The molecule has 1 fully saturated rings. The lowest BCUT2D eigenvalue weighted by Crippen LogP contribution is -2.42. The Bertz CT molecular complexity index is 588. The summed E-state index contributed by atoms with van der Waals surface area (Å²) in [6, 6.07) is 10.8. The molecule has 0 radical (unpaired) electrons. The molecular weight excluding hydrogens is 290 g/mol. The van der Waals surface area contributed by atoms with Gasteiger partial charge in [-0.1, -0.05) is 30.3 Å². The van der Waals surface area contributed by atoms with Crippen molar-refractivity contribution in [3.05, 3.63) is 54.1 Å². The van der Waals surface area contributed by atoms with Gasteiger partial charge in [-0.25, -0.2) is 4.98 Å². The highest BCUT2D eigenvalue weighted by Gasteiger charge is 2.39. The van der Waals surface area contributed by atoms with Crippen LogP contribution in [0, 0.1) is 0 Å². The topological polar surface area (TPSA) is 58.2 Å². The third-order valence-electron chi connectivity index (χ3n) is 4.41. The van der Waals surface area contributed by atoms with Crippen LogP contribution in [0.1, 0.15) is 31.2 Å². The van der Waals surface area contributed by atoms with Crippen LogP contribution in [0.25, 0.3) is 0 Å². The number of aromatic nitrogens is 2. The van der Waals surface area contributed by atoms with E-state index in [4.69, 9.17) is 0 Å². The predicted octanol–water partition coefficient (Wildman–Crippen LogP) is 2.60. The number of methoxy groups -OCH3 is 1. The molecule has 5 nitrogen and oxygen atoms in total. The number of ether oxygens (including phenoxy) is 1. The molecule has 0 spiro atoms. The summed E-state index contributed by atoms with van der Waals surface area (Å²) in [6.45, 7) is 3.60. The van der Waals surface area contributed by atoms with Gasteiger partial charge in [0.15, 0.2) is 0 Å². The lowest BCUT2D eigenvalue weighted by Gasteiger charge is -2.39. The van der Waals surface area contributed by atoms with Crippen LogP contribution < -0.4 is 0 Å². The number of hydrogen-bond donors (Lipinski definition) is 1. The summed E-state index contributed by atoms with van der Waals surface area (Å²) in [6.07, 6.45) is 6.04. The number of aromatic amines is 1.